The van der Waals surface area contributed by atoms with E-state index in [-0.39, 0.29) is 11.3 Å². The van der Waals surface area contributed by atoms with E-state index in [1.54, 1.807) is 6.92 Å². The first kappa shape index (κ1) is 17.2. The lowest BCUT2D eigenvalue weighted by molar-refractivity contribution is 0.0528. The Balaban J connectivity index is 1.94. The highest BCUT2D eigenvalue weighted by Gasteiger charge is 2.46. The van der Waals surface area contributed by atoms with Gasteiger partial charge in [-0.15, -0.1) is 0 Å². The maximum Gasteiger partial charge on any atom is 0.150 e. The molecule has 1 saturated carbocycles. The Morgan fingerprint density at radius 3 is 2.52 bits per heavy atom. The van der Waals surface area contributed by atoms with E-state index in [0.717, 1.165) is 32.0 Å². The molecular weight excluding hydrogens is 284 g/mol. The van der Waals surface area contributed by atoms with E-state index in [4.69, 9.17) is 0 Å². The van der Waals surface area contributed by atoms with E-state index in [0.29, 0.717) is 17.7 Å². The van der Waals surface area contributed by atoms with Crippen molar-refractivity contribution in [2.24, 2.45) is 11.8 Å². The normalized spacial score (nSPS) is 31.8. The van der Waals surface area contributed by atoms with Crippen molar-refractivity contribution in [1.29, 1.82) is 0 Å². The number of hydrogen-bond acceptors (Lipinski definition) is 4. The Morgan fingerprint density at radius 2 is 2.00 bits per heavy atom. The van der Waals surface area contributed by atoms with Crippen LogP contribution in [-0.4, -0.2) is 56.0 Å². The summed E-state index contributed by atoms with van der Waals surface area (Å²) in [6, 6.07) is 0.529. The zero-order valence-electron chi connectivity index (χ0n) is 14.1. The topological polar surface area (TPSA) is 49.4 Å². The summed E-state index contributed by atoms with van der Waals surface area (Å²) in [5.41, 5.74) is 0.231. The van der Waals surface area contributed by atoms with Crippen LogP contribution in [0.25, 0.3) is 0 Å². The molecule has 0 aromatic heterocycles. The molecule has 1 heterocycles. The number of nitrogens with zero attached hydrogens (tertiary/aromatic N) is 1. The summed E-state index contributed by atoms with van der Waals surface area (Å²) in [7, 11) is -2.83. The van der Waals surface area contributed by atoms with Crippen molar-refractivity contribution in [2.75, 3.05) is 31.1 Å². The molecule has 5 heteroatoms. The van der Waals surface area contributed by atoms with Crippen molar-refractivity contribution in [3.05, 3.63) is 0 Å². The molecular formula is C16H32N2O2S. The number of sulfone groups is 1. The molecule has 2 unspecified atom stereocenters. The predicted molar refractivity (Wildman–Crippen MR) is 88.3 cm³/mol. The summed E-state index contributed by atoms with van der Waals surface area (Å²) in [6.45, 7) is 11.6. The molecule has 0 aromatic carbocycles. The second-order valence-electron chi connectivity index (χ2n) is 7.44. The third-order valence-corrected chi connectivity index (χ3v) is 7.09. The van der Waals surface area contributed by atoms with Crippen LogP contribution in [0.2, 0.25) is 0 Å². The summed E-state index contributed by atoms with van der Waals surface area (Å²) >= 11 is 0. The number of piperazine rings is 1. The first-order valence-electron chi connectivity index (χ1n) is 8.47. The van der Waals surface area contributed by atoms with Gasteiger partial charge in [0.2, 0.25) is 0 Å². The van der Waals surface area contributed by atoms with Crippen LogP contribution in [0.1, 0.15) is 47.0 Å². The SMILES string of the molecule is CCS(=O)(=O)CCCN1CC(C)(C2CC2)NCC1C(C)C. The quantitative estimate of drug-likeness (QED) is 0.779. The van der Waals surface area contributed by atoms with Gasteiger partial charge in [-0.1, -0.05) is 20.8 Å². The molecule has 1 aliphatic heterocycles. The lowest BCUT2D eigenvalue weighted by Crippen LogP contribution is -2.65. The molecule has 124 valence electrons. The van der Waals surface area contributed by atoms with Crippen molar-refractivity contribution < 1.29 is 8.42 Å². The van der Waals surface area contributed by atoms with Gasteiger partial charge in [0.1, 0.15) is 9.84 Å². The molecule has 2 aliphatic rings. The van der Waals surface area contributed by atoms with Gasteiger partial charge in [-0.25, -0.2) is 8.42 Å². The van der Waals surface area contributed by atoms with Gasteiger partial charge in [0.25, 0.3) is 0 Å². The minimum absolute atomic E-state index is 0.231. The summed E-state index contributed by atoms with van der Waals surface area (Å²) in [5, 5.41) is 3.78. The van der Waals surface area contributed by atoms with E-state index in [1.807, 2.05) is 0 Å². The highest BCUT2D eigenvalue weighted by atomic mass is 32.2. The van der Waals surface area contributed by atoms with Crippen LogP contribution in [0.3, 0.4) is 0 Å². The zero-order chi connectivity index (χ0) is 15.7. The Hall–Kier alpha value is -0.130. The molecule has 21 heavy (non-hydrogen) atoms. The van der Waals surface area contributed by atoms with Gasteiger partial charge in [-0.3, -0.25) is 4.90 Å². The molecule has 0 aromatic rings. The van der Waals surface area contributed by atoms with Crippen LogP contribution in [-0.2, 0) is 9.84 Å². The van der Waals surface area contributed by atoms with Gasteiger partial charge >= 0.3 is 0 Å². The van der Waals surface area contributed by atoms with E-state index >= 15 is 0 Å². The van der Waals surface area contributed by atoms with E-state index < -0.39 is 9.84 Å². The first-order valence-corrected chi connectivity index (χ1v) is 10.3. The number of hydrogen-bond donors (Lipinski definition) is 1. The van der Waals surface area contributed by atoms with Gasteiger partial charge in [0.15, 0.2) is 0 Å². The standard InChI is InChI=1S/C16H32N2O2S/c1-5-21(19,20)10-6-9-18-12-16(4,14-7-8-14)17-11-15(18)13(2)3/h13-15,17H,5-12H2,1-4H3. The van der Waals surface area contributed by atoms with Crippen molar-refractivity contribution in [1.82, 2.24) is 10.2 Å². The first-order chi connectivity index (χ1) is 9.77. The molecule has 2 rings (SSSR count). The fourth-order valence-electron chi connectivity index (χ4n) is 3.59. The molecule has 4 nitrogen and oxygen atoms in total. The van der Waals surface area contributed by atoms with Crippen LogP contribution >= 0.6 is 0 Å². The van der Waals surface area contributed by atoms with Gasteiger partial charge < -0.3 is 5.32 Å². The van der Waals surface area contributed by atoms with E-state index in [2.05, 4.69) is 31.0 Å². The molecule has 0 radical (unpaired) electrons. The smallest absolute Gasteiger partial charge is 0.150 e. The Bertz CT molecular complexity index is 445. The van der Waals surface area contributed by atoms with Gasteiger partial charge in [0, 0.05) is 30.4 Å². The van der Waals surface area contributed by atoms with Crippen molar-refractivity contribution >= 4 is 9.84 Å². The monoisotopic (exact) mass is 316 g/mol. The lowest BCUT2D eigenvalue weighted by atomic mass is 9.88. The number of rotatable bonds is 7. The highest BCUT2D eigenvalue weighted by molar-refractivity contribution is 7.91. The third kappa shape index (κ3) is 4.42. The van der Waals surface area contributed by atoms with E-state index in [9.17, 15) is 8.42 Å². The molecule has 0 bridgehead atoms. The van der Waals surface area contributed by atoms with Crippen molar-refractivity contribution in [2.45, 2.75) is 58.5 Å². The molecule has 0 amide bonds. The summed E-state index contributed by atoms with van der Waals surface area (Å²) in [6.07, 6.45) is 3.45. The van der Waals surface area contributed by atoms with E-state index in [1.165, 1.54) is 12.8 Å². The van der Waals surface area contributed by atoms with Gasteiger partial charge in [-0.05, 0) is 44.6 Å². The summed E-state index contributed by atoms with van der Waals surface area (Å²) in [5.74, 6) is 2.01. The van der Waals surface area contributed by atoms with Crippen molar-refractivity contribution in [3.63, 3.8) is 0 Å². The average molecular weight is 317 g/mol. The summed E-state index contributed by atoms with van der Waals surface area (Å²) in [4.78, 5) is 2.55. The average Bonchev–Trinajstić information content (AvgIpc) is 3.23. The predicted octanol–water partition coefficient (Wildman–Crippen LogP) is 1.91. The molecule has 1 saturated heterocycles. The summed E-state index contributed by atoms with van der Waals surface area (Å²) < 4.78 is 23.3. The Kier molecular flexibility index (Phi) is 5.37. The fraction of sp³-hybridized carbons (Fsp3) is 1.00. The minimum atomic E-state index is -2.83. The maximum absolute atomic E-state index is 11.7. The molecule has 2 fully saturated rings. The number of nitrogens with one attached hydrogen (secondary N) is 1. The second-order valence-corrected chi connectivity index (χ2v) is 9.92. The van der Waals surface area contributed by atoms with Crippen LogP contribution < -0.4 is 5.32 Å². The Morgan fingerprint density at radius 1 is 1.33 bits per heavy atom. The zero-order valence-corrected chi connectivity index (χ0v) is 14.9. The molecule has 0 spiro atoms. The maximum atomic E-state index is 11.7. The third-order valence-electron chi connectivity index (χ3n) is 5.30. The molecule has 1 aliphatic carbocycles. The molecule has 2 atom stereocenters. The second kappa shape index (κ2) is 6.55. The van der Waals surface area contributed by atoms with Crippen LogP contribution in [0.15, 0.2) is 0 Å². The molecule has 1 N–H and O–H groups in total. The van der Waals surface area contributed by atoms with Crippen LogP contribution in [0.5, 0.6) is 0 Å². The largest absolute Gasteiger partial charge is 0.308 e. The Labute approximate surface area is 130 Å². The van der Waals surface area contributed by atoms with Crippen LogP contribution in [0.4, 0.5) is 0 Å². The van der Waals surface area contributed by atoms with Crippen LogP contribution in [0, 0.1) is 11.8 Å². The lowest BCUT2D eigenvalue weighted by Gasteiger charge is -2.48. The van der Waals surface area contributed by atoms with Crippen molar-refractivity contribution in [3.8, 4) is 0 Å². The van der Waals surface area contributed by atoms with Gasteiger partial charge in [-0.2, -0.15) is 0 Å². The highest BCUT2D eigenvalue weighted by Crippen LogP contribution is 2.41. The minimum Gasteiger partial charge on any atom is -0.308 e. The van der Waals surface area contributed by atoms with Gasteiger partial charge in [0.05, 0.1) is 5.75 Å². The fourth-order valence-corrected chi connectivity index (χ4v) is 4.45.